The summed E-state index contributed by atoms with van der Waals surface area (Å²) in [6.45, 7) is 0. The number of nitrogens with one attached hydrogen (secondary N) is 3. The van der Waals surface area contributed by atoms with E-state index in [1.165, 1.54) is 38.5 Å². The molecule has 8 aliphatic carbocycles. The van der Waals surface area contributed by atoms with Crippen molar-refractivity contribution in [3.8, 4) is 11.1 Å². The summed E-state index contributed by atoms with van der Waals surface area (Å²) in [6.07, 6.45) is 16.6. The molecule has 8 saturated carbocycles. The van der Waals surface area contributed by atoms with E-state index in [2.05, 4.69) is 46.1 Å². The standard InChI is InChI=1S/C36H41N3O2/c40-33(35-14-21-7-22(15-35)9-23(8-21)16-35)38-28-3-1-27(2-4-28)31-20-37-32-6-5-29(13-30(31)32)39-34(41)36-17-24-10-25(18-36)12-26(11-24)19-36/h1-6,13,20-26,37H,7-12,14-19H2,(H,38,40)(H,39,41). The minimum Gasteiger partial charge on any atom is -0.361 e. The SMILES string of the molecule is O=C(Nc1ccc(-c2c[nH]c3ccc(NC(=O)C45CC6CC(CC(C6)C4)C5)cc23)cc1)C12CC3CC(CC(C3)C1)C2. The largest absolute Gasteiger partial charge is 0.361 e. The molecule has 0 unspecified atom stereocenters. The molecule has 3 N–H and O–H groups in total. The third-order valence-corrected chi connectivity index (χ3v) is 12.4. The van der Waals surface area contributed by atoms with Gasteiger partial charge in [-0.15, -0.1) is 0 Å². The van der Waals surface area contributed by atoms with Crippen LogP contribution < -0.4 is 10.6 Å². The number of fused-ring (bicyclic) bond motifs is 1. The highest BCUT2D eigenvalue weighted by Gasteiger charge is 2.55. The third kappa shape index (κ3) is 3.94. The second-order valence-electron chi connectivity index (χ2n) is 15.3. The zero-order valence-electron chi connectivity index (χ0n) is 23.9. The first-order valence-electron chi connectivity index (χ1n) is 16.3. The molecule has 212 valence electrons. The number of amides is 2. The normalized spacial score (nSPS) is 38.0. The molecule has 41 heavy (non-hydrogen) atoms. The van der Waals surface area contributed by atoms with Gasteiger partial charge in [0.05, 0.1) is 10.8 Å². The van der Waals surface area contributed by atoms with Gasteiger partial charge in [-0.25, -0.2) is 0 Å². The summed E-state index contributed by atoms with van der Waals surface area (Å²) in [6, 6.07) is 14.5. The summed E-state index contributed by atoms with van der Waals surface area (Å²) in [5.41, 5.74) is 4.77. The highest BCUT2D eigenvalue weighted by atomic mass is 16.2. The van der Waals surface area contributed by atoms with Crippen LogP contribution in [0.15, 0.2) is 48.7 Å². The van der Waals surface area contributed by atoms with Gasteiger partial charge in [-0.1, -0.05) is 12.1 Å². The molecule has 0 radical (unpaired) electrons. The van der Waals surface area contributed by atoms with E-state index < -0.39 is 0 Å². The van der Waals surface area contributed by atoms with E-state index >= 15 is 0 Å². The van der Waals surface area contributed by atoms with Crippen molar-refractivity contribution in [3.05, 3.63) is 48.7 Å². The molecular weight excluding hydrogens is 506 g/mol. The summed E-state index contributed by atoms with van der Waals surface area (Å²) in [5, 5.41) is 7.75. The Labute approximate surface area is 242 Å². The molecule has 8 bridgehead atoms. The van der Waals surface area contributed by atoms with E-state index in [4.69, 9.17) is 0 Å². The Morgan fingerprint density at radius 3 is 1.54 bits per heavy atom. The predicted molar refractivity (Wildman–Crippen MR) is 162 cm³/mol. The van der Waals surface area contributed by atoms with Crippen LogP contribution in [0.4, 0.5) is 11.4 Å². The lowest BCUT2D eigenvalue weighted by molar-refractivity contribution is -0.141. The number of carbonyl (C=O) groups is 2. The Bertz CT molecular complexity index is 1480. The summed E-state index contributed by atoms with van der Waals surface area (Å²) in [4.78, 5) is 30.6. The molecule has 0 aliphatic heterocycles. The van der Waals surface area contributed by atoms with E-state index in [-0.39, 0.29) is 22.6 Å². The number of hydrogen-bond acceptors (Lipinski definition) is 2. The van der Waals surface area contributed by atoms with E-state index in [0.717, 1.165) is 107 Å². The third-order valence-electron chi connectivity index (χ3n) is 12.4. The van der Waals surface area contributed by atoms with Crippen LogP contribution >= 0.6 is 0 Å². The van der Waals surface area contributed by atoms with Gasteiger partial charge in [-0.3, -0.25) is 9.59 Å². The fourth-order valence-electron chi connectivity index (χ4n) is 11.5. The number of hydrogen-bond donors (Lipinski definition) is 3. The van der Waals surface area contributed by atoms with Crippen LogP contribution in [-0.4, -0.2) is 16.8 Å². The van der Waals surface area contributed by atoms with E-state index in [1.807, 2.05) is 18.2 Å². The second kappa shape index (κ2) is 8.72. The molecule has 2 amide bonds. The van der Waals surface area contributed by atoms with E-state index in [1.54, 1.807) is 0 Å². The first-order valence-corrected chi connectivity index (χ1v) is 16.3. The molecule has 3 aromatic rings. The lowest BCUT2D eigenvalue weighted by Gasteiger charge is -2.55. The van der Waals surface area contributed by atoms with Gasteiger partial charge in [0.2, 0.25) is 11.8 Å². The van der Waals surface area contributed by atoms with Gasteiger partial charge >= 0.3 is 0 Å². The quantitative estimate of drug-likeness (QED) is 0.302. The first kappa shape index (κ1) is 24.5. The molecule has 0 spiro atoms. The summed E-state index contributed by atoms with van der Waals surface area (Å²) >= 11 is 0. The average molecular weight is 548 g/mol. The topological polar surface area (TPSA) is 74.0 Å². The van der Waals surface area contributed by atoms with Crippen molar-refractivity contribution in [2.45, 2.75) is 77.0 Å². The van der Waals surface area contributed by atoms with Crippen LogP contribution in [0.1, 0.15) is 77.0 Å². The van der Waals surface area contributed by atoms with Gasteiger partial charge < -0.3 is 15.6 Å². The van der Waals surface area contributed by atoms with Crippen molar-refractivity contribution in [1.82, 2.24) is 4.98 Å². The van der Waals surface area contributed by atoms with Crippen molar-refractivity contribution >= 4 is 34.1 Å². The Kier molecular flexibility index (Phi) is 5.21. The molecule has 1 aromatic heterocycles. The molecule has 1 heterocycles. The van der Waals surface area contributed by atoms with Crippen molar-refractivity contribution in [2.75, 3.05) is 10.6 Å². The number of carbonyl (C=O) groups excluding carboxylic acids is 2. The fourth-order valence-corrected chi connectivity index (χ4v) is 11.5. The zero-order chi connectivity index (χ0) is 27.3. The van der Waals surface area contributed by atoms with Gasteiger partial charge in [-0.05, 0) is 148 Å². The molecular formula is C36H41N3O2. The van der Waals surface area contributed by atoms with Gasteiger partial charge in [0.1, 0.15) is 0 Å². The molecule has 8 fully saturated rings. The molecule has 5 nitrogen and oxygen atoms in total. The Balaban J connectivity index is 0.928. The Hall–Kier alpha value is -3.08. The second-order valence-corrected chi connectivity index (χ2v) is 15.3. The molecule has 5 heteroatoms. The number of aromatic amines is 1. The summed E-state index contributed by atoms with van der Waals surface area (Å²) in [5.74, 6) is 5.04. The Morgan fingerprint density at radius 2 is 1.05 bits per heavy atom. The number of H-pyrrole nitrogens is 1. The van der Waals surface area contributed by atoms with Gasteiger partial charge in [-0.2, -0.15) is 0 Å². The lowest BCUT2D eigenvalue weighted by Crippen LogP contribution is -2.51. The van der Waals surface area contributed by atoms with Crippen molar-refractivity contribution in [1.29, 1.82) is 0 Å². The molecule has 0 atom stereocenters. The van der Waals surface area contributed by atoms with Crippen LogP contribution in [0, 0.1) is 46.3 Å². The maximum atomic E-state index is 13.7. The van der Waals surface area contributed by atoms with Crippen molar-refractivity contribution in [3.63, 3.8) is 0 Å². The smallest absolute Gasteiger partial charge is 0.230 e. The highest BCUT2D eigenvalue weighted by Crippen LogP contribution is 2.61. The molecule has 11 rings (SSSR count). The summed E-state index contributed by atoms with van der Waals surface area (Å²) < 4.78 is 0. The summed E-state index contributed by atoms with van der Waals surface area (Å²) in [7, 11) is 0. The van der Waals surface area contributed by atoms with Crippen LogP contribution in [0.2, 0.25) is 0 Å². The maximum absolute atomic E-state index is 13.7. The van der Waals surface area contributed by atoms with E-state index in [9.17, 15) is 9.59 Å². The number of benzene rings is 2. The first-order chi connectivity index (χ1) is 19.9. The van der Waals surface area contributed by atoms with Crippen LogP contribution in [0.3, 0.4) is 0 Å². The predicted octanol–water partition coefficient (Wildman–Crippen LogP) is 8.14. The molecule has 0 saturated heterocycles. The number of aromatic nitrogens is 1. The lowest BCUT2D eigenvalue weighted by atomic mass is 9.49. The van der Waals surface area contributed by atoms with Gasteiger partial charge in [0.25, 0.3) is 0 Å². The van der Waals surface area contributed by atoms with Gasteiger partial charge in [0.15, 0.2) is 0 Å². The van der Waals surface area contributed by atoms with Gasteiger partial charge in [0, 0.05) is 34.0 Å². The number of anilines is 2. The fraction of sp³-hybridized carbons (Fsp3) is 0.556. The molecule has 8 aliphatic rings. The number of rotatable bonds is 5. The minimum atomic E-state index is -0.152. The van der Waals surface area contributed by atoms with Crippen LogP contribution in [0.25, 0.3) is 22.0 Å². The molecule has 2 aromatic carbocycles. The highest BCUT2D eigenvalue weighted by molar-refractivity contribution is 6.02. The van der Waals surface area contributed by atoms with Crippen molar-refractivity contribution in [2.24, 2.45) is 46.3 Å². The van der Waals surface area contributed by atoms with Crippen LogP contribution in [0.5, 0.6) is 0 Å². The monoisotopic (exact) mass is 547 g/mol. The van der Waals surface area contributed by atoms with E-state index in [0.29, 0.717) is 0 Å². The maximum Gasteiger partial charge on any atom is 0.230 e. The average Bonchev–Trinajstić information content (AvgIpc) is 3.35. The minimum absolute atomic E-state index is 0.138. The van der Waals surface area contributed by atoms with Crippen molar-refractivity contribution < 1.29 is 9.59 Å². The Morgan fingerprint density at radius 1 is 0.610 bits per heavy atom. The zero-order valence-corrected chi connectivity index (χ0v) is 23.9. The van der Waals surface area contributed by atoms with Crippen LogP contribution in [-0.2, 0) is 9.59 Å².